The van der Waals surface area contributed by atoms with E-state index in [-0.39, 0.29) is 0 Å². The van der Waals surface area contributed by atoms with Gasteiger partial charge in [-0.1, -0.05) is 6.07 Å². The van der Waals surface area contributed by atoms with Crippen LogP contribution in [0.25, 0.3) is 0 Å². The molecule has 0 N–H and O–H groups in total. The molecule has 1 saturated heterocycles. The molecule has 14 heavy (non-hydrogen) atoms. The van der Waals surface area contributed by atoms with Crippen LogP contribution in [0.15, 0.2) is 18.2 Å². The van der Waals surface area contributed by atoms with Crippen LogP contribution >= 0.6 is 0 Å². The van der Waals surface area contributed by atoms with Gasteiger partial charge in [-0.15, -0.1) is 0 Å². The highest BCUT2D eigenvalue weighted by Crippen LogP contribution is 2.26. The molecule has 1 aromatic heterocycles. The van der Waals surface area contributed by atoms with Gasteiger partial charge in [-0.3, -0.25) is 0 Å². The summed E-state index contributed by atoms with van der Waals surface area (Å²) in [6.07, 6.45) is 2.14. The molecule has 1 aromatic rings. The summed E-state index contributed by atoms with van der Waals surface area (Å²) in [5.74, 6) is 1.24. The van der Waals surface area contributed by atoms with E-state index < -0.39 is 0 Å². The van der Waals surface area contributed by atoms with Crippen LogP contribution in [-0.2, 0) is 4.74 Å². The first kappa shape index (κ1) is 9.46. The molecule has 0 unspecified atom stereocenters. The molecular weight excluding hydrogens is 178 g/mol. The zero-order valence-electron chi connectivity index (χ0n) is 8.40. The fourth-order valence-electron chi connectivity index (χ4n) is 1.77. The average molecular weight is 193 g/mol. The summed E-state index contributed by atoms with van der Waals surface area (Å²) in [6.45, 7) is 1.70. The molecule has 1 fully saturated rings. The second kappa shape index (κ2) is 4.42. The second-order valence-electron chi connectivity index (χ2n) is 3.49. The van der Waals surface area contributed by atoms with Crippen molar-refractivity contribution in [1.29, 1.82) is 0 Å². The van der Waals surface area contributed by atoms with E-state index in [1.807, 2.05) is 12.1 Å². The normalized spacial score (nSPS) is 18.1. The van der Waals surface area contributed by atoms with Gasteiger partial charge in [0.2, 0.25) is 5.88 Å². The Hall–Kier alpha value is -1.09. The van der Waals surface area contributed by atoms with Gasteiger partial charge in [0.25, 0.3) is 0 Å². The quantitative estimate of drug-likeness (QED) is 0.719. The van der Waals surface area contributed by atoms with Crippen LogP contribution in [0, 0.1) is 0 Å². The Morgan fingerprint density at radius 3 is 2.86 bits per heavy atom. The minimum Gasteiger partial charge on any atom is -0.481 e. The molecule has 2 heterocycles. The lowest BCUT2D eigenvalue weighted by molar-refractivity contribution is 0.0844. The molecule has 3 heteroatoms. The smallest absolute Gasteiger partial charge is 0.213 e. The molecule has 0 aliphatic carbocycles. The molecule has 1 aliphatic rings. The van der Waals surface area contributed by atoms with E-state index in [4.69, 9.17) is 9.47 Å². The Morgan fingerprint density at radius 2 is 2.14 bits per heavy atom. The van der Waals surface area contributed by atoms with Crippen molar-refractivity contribution in [2.45, 2.75) is 18.8 Å². The van der Waals surface area contributed by atoms with E-state index in [9.17, 15) is 0 Å². The zero-order valence-corrected chi connectivity index (χ0v) is 8.40. The van der Waals surface area contributed by atoms with Gasteiger partial charge >= 0.3 is 0 Å². The summed E-state index contributed by atoms with van der Waals surface area (Å²) in [5, 5.41) is 0. The van der Waals surface area contributed by atoms with Crippen molar-refractivity contribution >= 4 is 0 Å². The van der Waals surface area contributed by atoms with Gasteiger partial charge in [0, 0.05) is 30.9 Å². The molecule has 0 atom stereocenters. The van der Waals surface area contributed by atoms with Gasteiger partial charge in [0.15, 0.2) is 0 Å². The van der Waals surface area contributed by atoms with Gasteiger partial charge in [0.1, 0.15) is 0 Å². The summed E-state index contributed by atoms with van der Waals surface area (Å²) in [6, 6.07) is 5.94. The average Bonchev–Trinajstić information content (AvgIpc) is 2.30. The standard InChI is InChI=1S/C11H15NO2/c1-13-11-4-2-3-10(12-11)9-5-7-14-8-6-9/h2-4,9H,5-8H2,1H3. The molecule has 0 radical (unpaired) electrons. The maximum atomic E-state index is 5.32. The van der Waals surface area contributed by atoms with E-state index in [0.717, 1.165) is 31.7 Å². The Morgan fingerprint density at radius 1 is 1.36 bits per heavy atom. The minimum absolute atomic E-state index is 0.541. The largest absolute Gasteiger partial charge is 0.481 e. The van der Waals surface area contributed by atoms with E-state index in [2.05, 4.69) is 11.1 Å². The van der Waals surface area contributed by atoms with Crippen LogP contribution in [-0.4, -0.2) is 25.3 Å². The number of methoxy groups -OCH3 is 1. The molecule has 0 aromatic carbocycles. The maximum Gasteiger partial charge on any atom is 0.213 e. The fourth-order valence-corrected chi connectivity index (χ4v) is 1.77. The van der Waals surface area contributed by atoms with E-state index in [0.29, 0.717) is 11.8 Å². The number of hydrogen-bond acceptors (Lipinski definition) is 3. The highest BCUT2D eigenvalue weighted by molar-refractivity contribution is 5.18. The van der Waals surface area contributed by atoms with Crippen molar-refractivity contribution in [2.24, 2.45) is 0 Å². The first-order chi connectivity index (χ1) is 6.90. The van der Waals surface area contributed by atoms with Crippen LogP contribution in [0.5, 0.6) is 5.88 Å². The molecule has 0 amide bonds. The lowest BCUT2D eigenvalue weighted by Gasteiger charge is -2.21. The summed E-state index contributed by atoms with van der Waals surface area (Å²) >= 11 is 0. The summed E-state index contributed by atoms with van der Waals surface area (Å²) < 4.78 is 10.4. The number of rotatable bonds is 2. The SMILES string of the molecule is COc1cccc(C2CCOCC2)n1. The predicted octanol–water partition coefficient (Wildman–Crippen LogP) is 1.98. The van der Waals surface area contributed by atoms with E-state index >= 15 is 0 Å². The zero-order chi connectivity index (χ0) is 9.80. The summed E-state index contributed by atoms with van der Waals surface area (Å²) in [5.41, 5.74) is 1.13. The van der Waals surface area contributed by atoms with Gasteiger partial charge in [-0.05, 0) is 18.9 Å². The van der Waals surface area contributed by atoms with Crippen molar-refractivity contribution in [2.75, 3.05) is 20.3 Å². The van der Waals surface area contributed by atoms with Crippen molar-refractivity contribution < 1.29 is 9.47 Å². The maximum absolute atomic E-state index is 5.32. The molecule has 76 valence electrons. The summed E-state index contributed by atoms with van der Waals surface area (Å²) in [4.78, 5) is 4.44. The monoisotopic (exact) mass is 193 g/mol. The van der Waals surface area contributed by atoms with Crippen LogP contribution in [0.2, 0.25) is 0 Å². The molecule has 2 rings (SSSR count). The minimum atomic E-state index is 0.541. The van der Waals surface area contributed by atoms with Crippen molar-refractivity contribution in [3.63, 3.8) is 0 Å². The number of ether oxygens (including phenoxy) is 2. The van der Waals surface area contributed by atoms with Crippen molar-refractivity contribution in [3.05, 3.63) is 23.9 Å². The first-order valence-electron chi connectivity index (χ1n) is 4.99. The highest BCUT2D eigenvalue weighted by atomic mass is 16.5. The Kier molecular flexibility index (Phi) is 2.99. The summed E-state index contributed by atoms with van der Waals surface area (Å²) in [7, 11) is 1.65. The lowest BCUT2D eigenvalue weighted by atomic mass is 9.96. The third-order valence-corrected chi connectivity index (χ3v) is 2.59. The first-order valence-corrected chi connectivity index (χ1v) is 4.99. The van der Waals surface area contributed by atoms with Crippen molar-refractivity contribution in [1.82, 2.24) is 4.98 Å². The van der Waals surface area contributed by atoms with Gasteiger partial charge in [-0.2, -0.15) is 0 Å². The molecule has 0 bridgehead atoms. The molecule has 1 aliphatic heterocycles. The van der Waals surface area contributed by atoms with Crippen molar-refractivity contribution in [3.8, 4) is 5.88 Å². The van der Waals surface area contributed by atoms with Crippen LogP contribution in [0.1, 0.15) is 24.5 Å². The van der Waals surface area contributed by atoms with Crippen LogP contribution < -0.4 is 4.74 Å². The lowest BCUT2D eigenvalue weighted by Crippen LogP contribution is -2.15. The number of nitrogens with zero attached hydrogens (tertiary/aromatic N) is 1. The van der Waals surface area contributed by atoms with Crippen LogP contribution in [0.4, 0.5) is 0 Å². The number of hydrogen-bond donors (Lipinski definition) is 0. The predicted molar refractivity (Wildman–Crippen MR) is 53.6 cm³/mol. The van der Waals surface area contributed by atoms with Gasteiger partial charge < -0.3 is 9.47 Å². The van der Waals surface area contributed by atoms with Gasteiger partial charge in [0.05, 0.1) is 7.11 Å². The van der Waals surface area contributed by atoms with E-state index in [1.54, 1.807) is 7.11 Å². The second-order valence-corrected chi connectivity index (χ2v) is 3.49. The Labute approximate surface area is 84.1 Å². The Bertz CT molecular complexity index is 295. The number of aromatic nitrogens is 1. The van der Waals surface area contributed by atoms with Gasteiger partial charge in [-0.25, -0.2) is 4.98 Å². The third kappa shape index (κ3) is 2.04. The molecule has 3 nitrogen and oxygen atoms in total. The van der Waals surface area contributed by atoms with E-state index in [1.165, 1.54) is 0 Å². The molecule has 0 spiro atoms. The third-order valence-electron chi connectivity index (χ3n) is 2.59. The molecule has 0 saturated carbocycles. The molecular formula is C11H15NO2. The number of pyridine rings is 1. The fraction of sp³-hybridized carbons (Fsp3) is 0.545. The topological polar surface area (TPSA) is 31.4 Å². The highest BCUT2D eigenvalue weighted by Gasteiger charge is 2.17. The Balaban J connectivity index is 2.13. The van der Waals surface area contributed by atoms with Crippen LogP contribution in [0.3, 0.4) is 0 Å².